The Bertz CT molecular complexity index is 926. The van der Waals surface area contributed by atoms with Crippen molar-refractivity contribution in [2.45, 2.75) is 91.3 Å². The van der Waals surface area contributed by atoms with Gasteiger partial charge in [-0.2, -0.15) is 0 Å². The van der Waals surface area contributed by atoms with Gasteiger partial charge in [0.1, 0.15) is 0 Å². The number of hydrogen-bond acceptors (Lipinski definition) is 4. The molecule has 0 aliphatic heterocycles. The van der Waals surface area contributed by atoms with Crippen molar-refractivity contribution in [1.82, 2.24) is 0 Å². The maximum atomic E-state index is 13.1. The average Bonchev–Trinajstić information content (AvgIpc) is 3.01. The zero-order chi connectivity index (χ0) is 23.7. The number of carbonyl (C=O) groups is 2. The molecule has 0 amide bonds. The molecule has 0 aromatic heterocycles. The molecule has 4 aliphatic carbocycles. The minimum absolute atomic E-state index is 0.0530. The number of fused-ring (bicyclic) bond motifs is 5. The van der Waals surface area contributed by atoms with E-state index in [1.54, 1.807) is 0 Å². The lowest BCUT2D eigenvalue weighted by molar-refractivity contribution is -0.158. The van der Waals surface area contributed by atoms with E-state index in [0.29, 0.717) is 61.0 Å². The fourth-order valence-corrected chi connectivity index (χ4v) is 7.27. The monoisotopic (exact) mass is 440 g/mol. The number of rotatable bonds is 4. The van der Waals surface area contributed by atoms with Gasteiger partial charge in [-0.15, -0.1) is 0 Å². The van der Waals surface area contributed by atoms with Crippen LogP contribution in [-0.2, 0) is 9.59 Å². The third-order valence-electron chi connectivity index (χ3n) is 10.1. The largest absolute Gasteiger partial charge is 0.385 e. The van der Waals surface area contributed by atoms with E-state index in [1.165, 1.54) is 12.2 Å². The van der Waals surface area contributed by atoms with Crippen molar-refractivity contribution in [3.05, 3.63) is 35.5 Å². The Hall–Kier alpha value is -1.52. The van der Waals surface area contributed by atoms with Crippen molar-refractivity contribution >= 4 is 11.6 Å². The first kappa shape index (κ1) is 23.6. The lowest BCUT2D eigenvalue weighted by Crippen LogP contribution is -2.66. The Morgan fingerprint density at radius 2 is 1.62 bits per heavy atom. The molecule has 0 radical (unpaired) electrons. The Kier molecular flexibility index (Phi) is 5.54. The van der Waals surface area contributed by atoms with E-state index < -0.39 is 22.0 Å². The predicted molar refractivity (Wildman–Crippen MR) is 126 cm³/mol. The molecule has 2 saturated carbocycles. The second kappa shape index (κ2) is 7.50. The van der Waals surface area contributed by atoms with Gasteiger partial charge in [0.25, 0.3) is 0 Å². The average molecular weight is 441 g/mol. The molecule has 176 valence electrons. The van der Waals surface area contributed by atoms with Gasteiger partial charge in [0.05, 0.1) is 11.2 Å². The van der Waals surface area contributed by atoms with E-state index in [4.69, 9.17) is 0 Å². The van der Waals surface area contributed by atoms with Gasteiger partial charge in [0.15, 0.2) is 11.6 Å². The molecule has 0 aromatic carbocycles. The molecule has 0 heterocycles. The first-order valence-corrected chi connectivity index (χ1v) is 12.5. The van der Waals surface area contributed by atoms with E-state index >= 15 is 0 Å². The maximum absolute atomic E-state index is 13.1. The number of allylic oxidation sites excluding steroid dienone is 4. The van der Waals surface area contributed by atoms with Crippen molar-refractivity contribution in [3.63, 3.8) is 0 Å². The molecule has 4 aliphatic rings. The van der Waals surface area contributed by atoms with E-state index in [9.17, 15) is 19.8 Å². The van der Waals surface area contributed by atoms with Gasteiger partial charge >= 0.3 is 0 Å². The van der Waals surface area contributed by atoms with Crippen molar-refractivity contribution in [1.29, 1.82) is 0 Å². The van der Waals surface area contributed by atoms with Gasteiger partial charge in [0, 0.05) is 22.8 Å². The molecule has 4 rings (SSSR count). The van der Waals surface area contributed by atoms with Crippen LogP contribution in [-0.4, -0.2) is 33.0 Å². The molecule has 2 N–H and O–H groups in total. The Morgan fingerprint density at radius 1 is 0.938 bits per heavy atom. The molecule has 7 unspecified atom stereocenters. The summed E-state index contributed by atoms with van der Waals surface area (Å²) in [6.45, 7) is 13.0. The van der Waals surface area contributed by atoms with Gasteiger partial charge in [-0.1, -0.05) is 53.7 Å². The molecule has 0 spiro atoms. The van der Waals surface area contributed by atoms with Gasteiger partial charge in [-0.05, 0) is 73.5 Å². The van der Waals surface area contributed by atoms with Crippen LogP contribution in [0.5, 0.6) is 0 Å². The molecule has 2 fully saturated rings. The molecule has 4 heteroatoms. The van der Waals surface area contributed by atoms with Crippen LogP contribution in [0, 0.1) is 34.5 Å². The van der Waals surface area contributed by atoms with Crippen molar-refractivity contribution in [2.75, 3.05) is 0 Å². The van der Waals surface area contributed by atoms with Crippen molar-refractivity contribution in [3.8, 4) is 0 Å². The van der Waals surface area contributed by atoms with Crippen LogP contribution < -0.4 is 0 Å². The summed E-state index contributed by atoms with van der Waals surface area (Å²) in [5.41, 5.74) is -2.80. The highest BCUT2D eigenvalue weighted by atomic mass is 16.3. The van der Waals surface area contributed by atoms with Crippen LogP contribution in [0.1, 0.15) is 80.1 Å². The smallest absolute Gasteiger partial charge is 0.182 e. The molecule has 4 nitrogen and oxygen atoms in total. The highest BCUT2D eigenvalue weighted by molar-refractivity contribution is 6.12. The van der Waals surface area contributed by atoms with Crippen LogP contribution in [0.3, 0.4) is 0 Å². The van der Waals surface area contributed by atoms with Gasteiger partial charge in [0.2, 0.25) is 0 Å². The number of aliphatic hydroxyl groups is 2. The van der Waals surface area contributed by atoms with Crippen LogP contribution in [0.15, 0.2) is 35.5 Å². The van der Waals surface area contributed by atoms with Crippen LogP contribution in [0.4, 0.5) is 0 Å². The molecule has 0 saturated heterocycles. The lowest BCUT2D eigenvalue weighted by atomic mass is 9.46. The molecule has 0 bridgehead atoms. The molecular weight excluding hydrogens is 400 g/mol. The summed E-state index contributed by atoms with van der Waals surface area (Å²) in [4.78, 5) is 25.2. The van der Waals surface area contributed by atoms with Crippen LogP contribution >= 0.6 is 0 Å². The van der Waals surface area contributed by atoms with Crippen LogP contribution in [0.25, 0.3) is 0 Å². The second-order valence-electron chi connectivity index (χ2n) is 11.9. The fraction of sp³-hybridized carbons (Fsp3) is 0.714. The Labute approximate surface area is 192 Å². The van der Waals surface area contributed by atoms with Crippen molar-refractivity contribution < 1.29 is 19.8 Å². The van der Waals surface area contributed by atoms with Crippen LogP contribution in [0.2, 0.25) is 0 Å². The van der Waals surface area contributed by atoms with E-state index in [0.717, 1.165) is 6.42 Å². The summed E-state index contributed by atoms with van der Waals surface area (Å²) in [6.07, 6.45) is 10.9. The quantitative estimate of drug-likeness (QED) is 0.607. The fourth-order valence-electron chi connectivity index (χ4n) is 7.27. The van der Waals surface area contributed by atoms with Gasteiger partial charge < -0.3 is 10.2 Å². The van der Waals surface area contributed by atoms with Gasteiger partial charge in [-0.25, -0.2) is 0 Å². The summed E-state index contributed by atoms with van der Waals surface area (Å²) < 4.78 is 0. The van der Waals surface area contributed by atoms with E-state index in [2.05, 4.69) is 46.8 Å². The normalized spacial score (nSPS) is 43.5. The lowest BCUT2D eigenvalue weighted by Gasteiger charge is -2.61. The summed E-state index contributed by atoms with van der Waals surface area (Å²) >= 11 is 0. The number of hydrogen-bond donors (Lipinski definition) is 2. The minimum atomic E-state index is -1.29. The summed E-state index contributed by atoms with van der Waals surface area (Å²) in [5, 5.41) is 24.3. The zero-order valence-electron chi connectivity index (χ0n) is 20.6. The zero-order valence-corrected chi connectivity index (χ0v) is 20.6. The van der Waals surface area contributed by atoms with E-state index in [-0.39, 0.29) is 17.5 Å². The Morgan fingerprint density at radius 3 is 2.28 bits per heavy atom. The highest BCUT2D eigenvalue weighted by Crippen LogP contribution is 2.68. The topological polar surface area (TPSA) is 74.6 Å². The molecule has 0 aromatic rings. The van der Waals surface area contributed by atoms with Gasteiger partial charge in [-0.3, -0.25) is 9.59 Å². The SMILES string of the molecule is CC(C)C(C)C=CC(C)C1CCC2(O)C3=CC(=O)C4=CC(=O)CCC4(C)C3(O)CCC12C. The first-order valence-electron chi connectivity index (χ1n) is 12.5. The molecule has 7 atom stereocenters. The number of ketones is 2. The van der Waals surface area contributed by atoms with E-state index in [1.807, 2.05) is 6.92 Å². The second-order valence-corrected chi connectivity index (χ2v) is 11.9. The molecule has 32 heavy (non-hydrogen) atoms. The van der Waals surface area contributed by atoms with Crippen molar-refractivity contribution in [2.24, 2.45) is 34.5 Å². The maximum Gasteiger partial charge on any atom is 0.182 e. The summed E-state index contributed by atoms with van der Waals surface area (Å²) in [7, 11) is 0. The number of carbonyl (C=O) groups excluding carboxylic acids is 2. The highest BCUT2D eigenvalue weighted by Gasteiger charge is 2.70. The summed E-state index contributed by atoms with van der Waals surface area (Å²) in [5.74, 6) is 1.40. The minimum Gasteiger partial charge on any atom is -0.385 e. The third-order valence-corrected chi connectivity index (χ3v) is 10.1. The molecular formula is C28H40O4. The predicted octanol–water partition coefficient (Wildman–Crippen LogP) is 4.95. The summed E-state index contributed by atoms with van der Waals surface area (Å²) in [6, 6.07) is 0. The first-order chi connectivity index (χ1) is 14.8. The third kappa shape index (κ3) is 3.01. The Balaban J connectivity index is 1.73. The standard InChI is InChI=1S/C28H40O4/c1-17(2)18(3)7-8-19(4)21-10-12-27(31)24-16-23(30)22-15-20(29)9-11-25(22,5)28(24,32)14-13-26(21,27)6/h7-8,15-19,21,31-32H,9-14H2,1-6H3.